The molecular weight excluding hydrogens is 312 g/mol. The minimum absolute atomic E-state index is 0.564. The Morgan fingerprint density at radius 1 is 0.900 bits per heavy atom. The Hall–Kier alpha value is -1.48. The molecule has 0 unspecified atom stereocenters. The summed E-state index contributed by atoms with van der Waals surface area (Å²) in [5.74, 6) is 0. The Morgan fingerprint density at radius 3 is 2.25 bits per heavy atom. The van der Waals surface area contributed by atoms with Gasteiger partial charge >= 0.3 is 0 Å². The third-order valence-electron chi connectivity index (χ3n) is 3.85. The van der Waals surface area contributed by atoms with Crippen molar-refractivity contribution in [1.82, 2.24) is 0 Å². The Bertz CT molecular complexity index is 548. The van der Waals surface area contributed by atoms with Gasteiger partial charge in [0.15, 0.2) is 0 Å². The van der Waals surface area contributed by atoms with Crippen molar-refractivity contribution in [2.24, 2.45) is 0 Å². The van der Waals surface area contributed by atoms with Gasteiger partial charge in [-0.2, -0.15) is 0 Å². The summed E-state index contributed by atoms with van der Waals surface area (Å²) in [5, 5.41) is 3.65. The SMILES string of the molecule is Brc1ccccc1NC1CCN(c2ccccc2)CC1. The molecule has 0 atom stereocenters. The molecule has 20 heavy (non-hydrogen) atoms. The first kappa shape index (κ1) is 13.5. The minimum atomic E-state index is 0.564. The van der Waals surface area contributed by atoms with Crippen molar-refractivity contribution in [2.45, 2.75) is 18.9 Å². The number of rotatable bonds is 3. The molecule has 2 aromatic rings. The van der Waals surface area contributed by atoms with Crippen LogP contribution in [0, 0.1) is 0 Å². The predicted molar refractivity (Wildman–Crippen MR) is 89.4 cm³/mol. The molecule has 0 amide bonds. The maximum atomic E-state index is 3.65. The van der Waals surface area contributed by atoms with Crippen LogP contribution in [0.4, 0.5) is 11.4 Å². The van der Waals surface area contributed by atoms with E-state index in [9.17, 15) is 0 Å². The van der Waals surface area contributed by atoms with Crippen LogP contribution in [0.3, 0.4) is 0 Å². The van der Waals surface area contributed by atoms with Crippen LogP contribution in [0.2, 0.25) is 0 Å². The van der Waals surface area contributed by atoms with E-state index in [2.05, 4.69) is 74.7 Å². The predicted octanol–water partition coefficient (Wildman–Crippen LogP) is 4.53. The quantitative estimate of drug-likeness (QED) is 0.889. The normalized spacial score (nSPS) is 16.1. The van der Waals surface area contributed by atoms with Crippen molar-refractivity contribution < 1.29 is 0 Å². The minimum Gasteiger partial charge on any atom is -0.381 e. The molecule has 1 fully saturated rings. The summed E-state index contributed by atoms with van der Waals surface area (Å²) in [6.45, 7) is 2.23. The molecule has 3 heteroatoms. The number of nitrogens with zero attached hydrogens (tertiary/aromatic N) is 1. The van der Waals surface area contributed by atoms with Gasteiger partial charge in [0.25, 0.3) is 0 Å². The molecule has 0 bridgehead atoms. The molecular formula is C17H19BrN2. The van der Waals surface area contributed by atoms with Gasteiger partial charge in [-0.3, -0.25) is 0 Å². The van der Waals surface area contributed by atoms with Gasteiger partial charge < -0.3 is 10.2 Å². The van der Waals surface area contributed by atoms with Crippen LogP contribution in [0.15, 0.2) is 59.1 Å². The third-order valence-corrected chi connectivity index (χ3v) is 4.54. The average Bonchev–Trinajstić information content (AvgIpc) is 2.51. The average molecular weight is 331 g/mol. The smallest absolute Gasteiger partial charge is 0.0486 e. The van der Waals surface area contributed by atoms with E-state index in [0.717, 1.165) is 17.6 Å². The number of anilines is 2. The maximum Gasteiger partial charge on any atom is 0.0486 e. The van der Waals surface area contributed by atoms with Crippen molar-refractivity contribution in [1.29, 1.82) is 0 Å². The van der Waals surface area contributed by atoms with Crippen molar-refractivity contribution in [3.8, 4) is 0 Å². The zero-order valence-corrected chi connectivity index (χ0v) is 13.0. The van der Waals surface area contributed by atoms with E-state index in [0.29, 0.717) is 6.04 Å². The summed E-state index contributed by atoms with van der Waals surface area (Å²) in [7, 11) is 0. The van der Waals surface area contributed by atoms with Gasteiger partial charge in [-0.25, -0.2) is 0 Å². The highest BCUT2D eigenvalue weighted by molar-refractivity contribution is 9.10. The zero-order valence-electron chi connectivity index (χ0n) is 11.4. The lowest BCUT2D eigenvalue weighted by Crippen LogP contribution is -2.39. The van der Waals surface area contributed by atoms with E-state index in [1.165, 1.54) is 24.2 Å². The first-order valence-electron chi connectivity index (χ1n) is 7.14. The van der Waals surface area contributed by atoms with Gasteiger partial charge in [0.2, 0.25) is 0 Å². The van der Waals surface area contributed by atoms with Gasteiger partial charge in [0.1, 0.15) is 0 Å². The summed E-state index contributed by atoms with van der Waals surface area (Å²) in [6, 6.07) is 19.6. The molecule has 0 saturated carbocycles. The van der Waals surface area contributed by atoms with E-state index in [-0.39, 0.29) is 0 Å². The van der Waals surface area contributed by atoms with Crippen LogP contribution >= 0.6 is 15.9 Å². The van der Waals surface area contributed by atoms with E-state index < -0.39 is 0 Å². The fourth-order valence-electron chi connectivity index (χ4n) is 2.72. The number of hydrogen-bond donors (Lipinski definition) is 1. The molecule has 3 rings (SSSR count). The Balaban J connectivity index is 1.58. The molecule has 0 aromatic heterocycles. The van der Waals surface area contributed by atoms with Crippen molar-refractivity contribution >= 4 is 27.3 Å². The fraction of sp³-hybridized carbons (Fsp3) is 0.294. The molecule has 0 radical (unpaired) electrons. The van der Waals surface area contributed by atoms with E-state index in [1.807, 2.05) is 6.07 Å². The monoisotopic (exact) mass is 330 g/mol. The molecule has 1 N–H and O–H groups in total. The number of hydrogen-bond acceptors (Lipinski definition) is 2. The van der Waals surface area contributed by atoms with Gasteiger partial charge in [-0.05, 0) is 53.0 Å². The van der Waals surface area contributed by atoms with Crippen molar-refractivity contribution in [2.75, 3.05) is 23.3 Å². The first-order valence-corrected chi connectivity index (χ1v) is 7.93. The number of piperidine rings is 1. The first-order chi connectivity index (χ1) is 9.83. The number of halogens is 1. The summed E-state index contributed by atoms with van der Waals surface area (Å²) in [4.78, 5) is 2.47. The highest BCUT2D eigenvalue weighted by Crippen LogP contribution is 2.26. The lowest BCUT2D eigenvalue weighted by Gasteiger charge is -2.34. The summed E-state index contributed by atoms with van der Waals surface area (Å²) < 4.78 is 1.14. The molecule has 2 aromatic carbocycles. The fourth-order valence-corrected chi connectivity index (χ4v) is 3.12. The van der Waals surface area contributed by atoms with Gasteiger partial charge in [0, 0.05) is 35.0 Å². The number of benzene rings is 2. The van der Waals surface area contributed by atoms with Crippen LogP contribution in [-0.2, 0) is 0 Å². The molecule has 2 nitrogen and oxygen atoms in total. The van der Waals surface area contributed by atoms with Crippen LogP contribution in [-0.4, -0.2) is 19.1 Å². The summed E-state index contributed by atoms with van der Waals surface area (Å²) in [5.41, 5.74) is 2.54. The Morgan fingerprint density at radius 2 is 1.55 bits per heavy atom. The largest absolute Gasteiger partial charge is 0.381 e. The molecule has 0 spiro atoms. The van der Waals surface area contributed by atoms with E-state index in [1.54, 1.807) is 0 Å². The molecule has 1 heterocycles. The second kappa shape index (κ2) is 6.31. The van der Waals surface area contributed by atoms with Crippen LogP contribution in [0.5, 0.6) is 0 Å². The molecule has 104 valence electrons. The van der Waals surface area contributed by atoms with E-state index >= 15 is 0 Å². The summed E-state index contributed by atoms with van der Waals surface area (Å²) in [6.07, 6.45) is 2.35. The zero-order chi connectivity index (χ0) is 13.8. The van der Waals surface area contributed by atoms with Gasteiger partial charge in [0.05, 0.1) is 0 Å². The second-order valence-electron chi connectivity index (χ2n) is 5.22. The molecule has 0 aliphatic carbocycles. The lowest BCUT2D eigenvalue weighted by molar-refractivity contribution is 0.526. The standard InChI is InChI=1S/C17H19BrN2/c18-16-8-4-5-9-17(16)19-14-10-12-20(13-11-14)15-6-2-1-3-7-15/h1-9,14,19H,10-13H2. The molecule has 1 saturated heterocycles. The second-order valence-corrected chi connectivity index (χ2v) is 6.08. The van der Waals surface area contributed by atoms with Crippen LogP contribution < -0.4 is 10.2 Å². The number of para-hydroxylation sites is 2. The Kier molecular flexibility index (Phi) is 4.26. The number of nitrogens with one attached hydrogen (secondary N) is 1. The van der Waals surface area contributed by atoms with Gasteiger partial charge in [-0.15, -0.1) is 0 Å². The van der Waals surface area contributed by atoms with Crippen molar-refractivity contribution in [3.63, 3.8) is 0 Å². The maximum absolute atomic E-state index is 3.65. The van der Waals surface area contributed by atoms with Crippen molar-refractivity contribution in [3.05, 3.63) is 59.1 Å². The van der Waals surface area contributed by atoms with Gasteiger partial charge in [-0.1, -0.05) is 30.3 Å². The van der Waals surface area contributed by atoms with E-state index in [4.69, 9.17) is 0 Å². The highest BCUT2D eigenvalue weighted by atomic mass is 79.9. The third kappa shape index (κ3) is 3.15. The van der Waals surface area contributed by atoms with Crippen LogP contribution in [0.1, 0.15) is 12.8 Å². The molecule has 1 aliphatic rings. The molecule has 1 aliphatic heterocycles. The topological polar surface area (TPSA) is 15.3 Å². The van der Waals surface area contributed by atoms with Crippen LogP contribution in [0.25, 0.3) is 0 Å². The Labute approximate surface area is 128 Å². The highest BCUT2D eigenvalue weighted by Gasteiger charge is 2.19. The summed E-state index contributed by atoms with van der Waals surface area (Å²) >= 11 is 3.60. The lowest BCUT2D eigenvalue weighted by atomic mass is 10.0.